The number of rotatable bonds is 3. The summed E-state index contributed by atoms with van der Waals surface area (Å²) in [6.07, 6.45) is 0.206. The van der Waals surface area contributed by atoms with Crippen LogP contribution >= 0.6 is 0 Å². The second kappa shape index (κ2) is 8.53. The summed E-state index contributed by atoms with van der Waals surface area (Å²) in [5.74, 6) is 0. The summed E-state index contributed by atoms with van der Waals surface area (Å²) in [5.41, 5.74) is 0. The molecule has 0 amide bonds. The van der Waals surface area contributed by atoms with Crippen LogP contribution in [0.3, 0.4) is 0 Å². The van der Waals surface area contributed by atoms with Gasteiger partial charge in [-0.1, -0.05) is 13.3 Å². The Morgan fingerprint density at radius 1 is 1.67 bits per heavy atom. The van der Waals surface area contributed by atoms with Crippen molar-refractivity contribution in [3.8, 4) is 0 Å². The first-order valence-corrected chi connectivity index (χ1v) is 2.42. The van der Waals surface area contributed by atoms with E-state index in [2.05, 4.69) is 11.7 Å². The molecule has 0 unspecified atom stereocenters. The molecule has 0 rings (SSSR count). The average molecular weight is 159 g/mol. The van der Waals surface area contributed by atoms with Crippen molar-refractivity contribution < 1.29 is 14.6 Å². The molecule has 0 aromatic rings. The average Bonchev–Trinajstić information content (AvgIpc) is 1.66. The molecule has 1 radical (unpaired) electrons. The molecule has 0 aliphatic rings. The Morgan fingerprint density at radius 2 is 2.22 bits per heavy atom. The number of hydrogen-bond donors (Lipinski definition) is 1. The van der Waals surface area contributed by atoms with Gasteiger partial charge in [0.25, 0.3) is 0 Å². The number of ether oxygens (including phenoxy) is 1. The predicted octanol–water partition coefficient (Wildman–Crippen LogP) is 0.379. The second-order valence-corrected chi connectivity index (χ2v) is 1.32. The number of carboxylic acid groups (broad SMARTS) is 1. The first kappa shape index (κ1) is 12.2. The summed E-state index contributed by atoms with van der Waals surface area (Å²) in [6.45, 7) is 3.77. The van der Waals surface area contributed by atoms with E-state index in [9.17, 15) is 4.79 Å². The normalized spacial score (nSPS) is 7.67. The SMILES string of the molecule is [CH2]CCCOC(=O)O.[CaH2]. The third-order valence-electron chi connectivity index (χ3n) is 0.620. The van der Waals surface area contributed by atoms with E-state index in [1.165, 1.54) is 0 Å². The van der Waals surface area contributed by atoms with Crippen LogP contribution in [0, 0.1) is 6.92 Å². The molecule has 1 N–H and O–H groups in total. The van der Waals surface area contributed by atoms with Crippen LogP contribution in [0.15, 0.2) is 0 Å². The molecular weight excluding hydrogens is 148 g/mol. The molecule has 0 saturated heterocycles. The van der Waals surface area contributed by atoms with Crippen LogP contribution in [0.25, 0.3) is 0 Å². The molecule has 3 nitrogen and oxygen atoms in total. The molecule has 0 spiro atoms. The fourth-order valence-electron chi connectivity index (χ4n) is 0.262. The summed E-state index contributed by atoms with van der Waals surface area (Å²) in [5, 5.41) is 7.90. The maximum atomic E-state index is 9.63. The Kier molecular flexibility index (Phi) is 11.6. The van der Waals surface area contributed by atoms with Crippen LogP contribution in [0.1, 0.15) is 12.8 Å². The quantitative estimate of drug-likeness (QED) is 0.368. The molecule has 0 heterocycles. The van der Waals surface area contributed by atoms with Gasteiger partial charge in [-0.25, -0.2) is 4.79 Å². The first-order valence-electron chi connectivity index (χ1n) is 2.42. The van der Waals surface area contributed by atoms with Gasteiger partial charge in [0.15, 0.2) is 0 Å². The van der Waals surface area contributed by atoms with Crippen LogP contribution in [0.4, 0.5) is 4.79 Å². The minimum absolute atomic E-state index is 0. The van der Waals surface area contributed by atoms with E-state index < -0.39 is 6.16 Å². The Hall–Kier alpha value is 0.530. The minimum atomic E-state index is -1.21. The summed E-state index contributed by atoms with van der Waals surface area (Å²) in [7, 11) is 0. The third-order valence-corrected chi connectivity index (χ3v) is 0.620. The van der Waals surface area contributed by atoms with Crippen LogP contribution in [0.5, 0.6) is 0 Å². The molecule has 0 fully saturated rings. The van der Waals surface area contributed by atoms with Gasteiger partial charge < -0.3 is 9.84 Å². The number of unbranched alkanes of at least 4 members (excludes halogenated alkanes) is 1. The number of hydrogen-bond acceptors (Lipinski definition) is 2. The van der Waals surface area contributed by atoms with Crippen molar-refractivity contribution in [2.45, 2.75) is 12.8 Å². The van der Waals surface area contributed by atoms with Gasteiger partial charge in [-0.2, -0.15) is 0 Å². The Morgan fingerprint density at radius 3 is 2.56 bits per heavy atom. The van der Waals surface area contributed by atoms with Gasteiger partial charge in [-0.15, -0.1) is 0 Å². The molecule has 0 atom stereocenters. The molecule has 4 heteroatoms. The Balaban J connectivity index is 0. The fourth-order valence-corrected chi connectivity index (χ4v) is 0.262. The zero-order valence-corrected chi connectivity index (χ0v) is 4.59. The van der Waals surface area contributed by atoms with Crippen molar-refractivity contribution in [3.63, 3.8) is 0 Å². The monoisotopic (exact) mass is 159 g/mol. The van der Waals surface area contributed by atoms with Gasteiger partial charge in [0.1, 0.15) is 0 Å². The summed E-state index contributed by atoms with van der Waals surface area (Å²) < 4.78 is 4.16. The maximum absolute atomic E-state index is 9.63. The van der Waals surface area contributed by atoms with Gasteiger partial charge in [-0.3, -0.25) is 0 Å². The van der Waals surface area contributed by atoms with Crippen molar-refractivity contribution in [2.24, 2.45) is 0 Å². The third kappa shape index (κ3) is 11.9. The molecule has 0 bridgehead atoms. The zero-order chi connectivity index (χ0) is 6.41. The van der Waals surface area contributed by atoms with Gasteiger partial charge in [0, 0.05) is 0 Å². The van der Waals surface area contributed by atoms with Crippen LogP contribution < -0.4 is 0 Å². The van der Waals surface area contributed by atoms with E-state index >= 15 is 0 Å². The standard InChI is InChI=1S/C5H9O3.Ca.2H/c1-2-3-4-8-5(6)7;;;/h1-4H2,(H,6,7);;;. The van der Waals surface area contributed by atoms with E-state index in [-0.39, 0.29) is 44.3 Å². The molecule has 51 valence electrons. The fraction of sp³-hybridized carbons (Fsp3) is 0.600. The summed E-state index contributed by atoms with van der Waals surface area (Å²) in [6, 6.07) is 0. The van der Waals surface area contributed by atoms with Crippen LogP contribution in [0.2, 0.25) is 0 Å². The second-order valence-electron chi connectivity index (χ2n) is 1.32. The van der Waals surface area contributed by atoms with Crippen molar-refractivity contribution >= 4 is 43.9 Å². The van der Waals surface area contributed by atoms with E-state index in [1.807, 2.05) is 0 Å². The molecule has 0 aromatic carbocycles. The van der Waals surface area contributed by atoms with Crippen LogP contribution in [-0.4, -0.2) is 55.6 Å². The van der Waals surface area contributed by atoms with Crippen molar-refractivity contribution in [2.75, 3.05) is 6.61 Å². The molecule has 9 heavy (non-hydrogen) atoms. The van der Waals surface area contributed by atoms with Gasteiger partial charge in [0.05, 0.1) is 6.61 Å². The van der Waals surface area contributed by atoms with Gasteiger partial charge in [-0.05, 0) is 6.42 Å². The van der Waals surface area contributed by atoms with E-state index in [0.29, 0.717) is 12.8 Å². The first-order chi connectivity index (χ1) is 3.77. The van der Waals surface area contributed by atoms with E-state index in [4.69, 9.17) is 5.11 Å². The number of carbonyl (C=O) groups is 1. The molecule has 0 aliphatic carbocycles. The molecule has 0 aliphatic heterocycles. The Bertz CT molecular complexity index is 74.6. The topological polar surface area (TPSA) is 46.5 Å². The van der Waals surface area contributed by atoms with Gasteiger partial charge in [0.2, 0.25) is 0 Å². The molecule has 0 aromatic heterocycles. The Labute approximate surface area is 84.4 Å². The van der Waals surface area contributed by atoms with E-state index in [0.717, 1.165) is 0 Å². The van der Waals surface area contributed by atoms with Gasteiger partial charge >= 0.3 is 43.9 Å². The molecule has 0 saturated carbocycles. The summed E-state index contributed by atoms with van der Waals surface area (Å²) in [4.78, 5) is 9.63. The van der Waals surface area contributed by atoms with E-state index in [1.54, 1.807) is 0 Å². The molecular formula is C5H11CaO3. The van der Waals surface area contributed by atoms with Crippen molar-refractivity contribution in [3.05, 3.63) is 6.92 Å². The van der Waals surface area contributed by atoms with Crippen molar-refractivity contribution in [1.29, 1.82) is 0 Å². The van der Waals surface area contributed by atoms with Crippen molar-refractivity contribution in [1.82, 2.24) is 0 Å². The zero-order valence-electron chi connectivity index (χ0n) is 4.59. The summed E-state index contributed by atoms with van der Waals surface area (Å²) >= 11 is 0. The predicted molar refractivity (Wildman–Crippen MR) is 37.1 cm³/mol. The van der Waals surface area contributed by atoms with Crippen LogP contribution in [-0.2, 0) is 4.74 Å².